The Morgan fingerprint density at radius 3 is 2.48 bits per heavy atom. The quantitative estimate of drug-likeness (QED) is 0.448. The summed E-state index contributed by atoms with van der Waals surface area (Å²) in [6, 6.07) is 15.3. The highest BCUT2D eigenvalue weighted by molar-refractivity contribution is 6.00. The molecule has 0 saturated heterocycles. The summed E-state index contributed by atoms with van der Waals surface area (Å²) in [5, 5.41) is 4.82. The molecule has 0 aliphatic rings. The third-order valence-electron chi connectivity index (χ3n) is 3.66. The van der Waals surface area contributed by atoms with Crippen LogP contribution in [0, 0.1) is 0 Å². The number of nitrogens with one attached hydrogen (secondary N) is 1. The fourth-order valence-corrected chi connectivity index (χ4v) is 2.45. The van der Waals surface area contributed by atoms with Crippen molar-refractivity contribution >= 4 is 39.4 Å². The monoisotopic (exact) mass is 336 g/mol. The van der Waals surface area contributed by atoms with Gasteiger partial charge in [0.15, 0.2) is 0 Å². The molecule has 0 aliphatic carbocycles. The van der Waals surface area contributed by atoms with Gasteiger partial charge in [-0.3, -0.25) is 0 Å². The molecule has 3 rings (SSSR count). The lowest BCUT2D eigenvalue weighted by atomic mass is 10.1. The van der Waals surface area contributed by atoms with E-state index in [4.69, 9.17) is 0 Å². The predicted octanol–water partition coefficient (Wildman–Crippen LogP) is 3.03. The average molecular weight is 336 g/mol. The molecule has 0 fully saturated rings. The van der Waals surface area contributed by atoms with Gasteiger partial charge in [0.25, 0.3) is 0 Å². The van der Waals surface area contributed by atoms with Crippen molar-refractivity contribution in [2.75, 3.05) is 19.5 Å². The highest BCUT2D eigenvalue weighted by Crippen LogP contribution is 2.23. The van der Waals surface area contributed by atoms with Gasteiger partial charge in [0.05, 0.1) is 31.3 Å². The number of benzene rings is 2. The summed E-state index contributed by atoms with van der Waals surface area (Å²) in [5.41, 5.74) is 2.37. The Morgan fingerprint density at radius 1 is 0.960 bits per heavy atom. The minimum Gasteiger partial charge on any atom is -0.466 e. The van der Waals surface area contributed by atoms with Gasteiger partial charge in [-0.25, -0.2) is 14.6 Å². The first kappa shape index (κ1) is 16.4. The van der Waals surface area contributed by atoms with Gasteiger partial charge in [-0.1, -0.05) is 18.2 Å². The first-order chi connectivity index (χ1) is 12.1. The molecular formula is C19H16N2O4. The van der Waals surface area contributed by atoms with Crippen LogP contribution >= 0.6 is 0 Å². The summed E-state index contributed by atoms with van der Waals surface area (Å²) in [5.74, 6) is -1.32. The van der Waals surface area contributed by atoms with Gasteiger partial charge in [-0.05, 0) is 30.3 Å². The molecule has 6 nitrogen and oxygen atoms in total. The summed E-state index contributed by atoms with van der Waals surface area (Å²) >= 11 is 0. The SMILES string of the molecule is COC(=O)/C=C(/Nc1ccc2nc3ccccc3cc2c1)C(=O)OC. The van der Waals surface area contributed by atoms with Crippen LogP contribution in [0.1, 0.15) is 0 Å². The molecule has 0 spiro atoms. The first-order valence-electron chi connectivity index (χ1n) is 7.55. The van der Waals surface area contributed by atoms with E-state index in [0.717, 1.165) is 27.9 Å². The number of esters is 2. The van der Waals surface area contributed by atoms with Crippen LogP contribution in [-0.2, 0) is 19.1 Å². The molecule has 0 radical (unpaired) electrons. The van der Waals surface area contributed by atoms with E-state index in [0.29, 0.717) is 5.69 Å². The Bertz CT molecular complexity index is 995. The Hall–Kier alpha value is -3.41. The van der Waals surface area contributed by atoms with Crippen LogP contribution in [0.15, 0.2) is 60.3 Å². The number of ether oxygens (including phenoxy) is 2. The average Bonchev–Trinajstić information content (AvgIpc) is 2.64. The Morgan fingerprint density at radius 2 is 1.72 bits per heavy atom. The normalized spacial score (nSPS) is 11.4. The molecule has 0 atom stereocenters. The number of hydrogen-bond donors (Lipinski definition) is 1. The molecule has 126 valence electrons. The second-order valence-electron chi connectivity index (χ2n) is 5.29. The fraction of sp³-hybridized carbons (Fsp3) is 0.105. The molecule has 0 saturated carbocycles. The van der Waals surface area contributed by atoms with Gasteiger partial charge in [0.2, 0.25) is 0 Å². The van der Waals surface area contributed by atoms with Gasteiger partial charge in [0, 0.05) is 16.5 Å². The zero-order valence-electron chi connectivity index (χ0n) is 13.8. The first-order valence-corrected chi connectivity index (χ1v) is 7.55. The minimum absolute atomic E-state index is 0.0116. The van der Waals surface area contributed by atoms with E-state index in [1.165, 1.54) is 14.2 Å². The van der Waals surface area contributed by atoms with Crippen LogP contribution in [0.5, 0.6) is 0 Å². The van der Waals surface area contributed by atoms with E-state index in [9.17, 15) is 9.59 Å². The lowest BCUT2D eigenvalue weighted by Gasteiger charge is -2.10. The van der Waals surface area contributed by atoms with E-state index in [1.54, 1.807) is 6.07 Å². The zero-order valence-corrected chi connectivity index (χ0v) is 13.8. The molecular weight excluding hydrogens is 320 g/mol. The highest BCUT2D eigenvalue weighted by atomic mass is 16.5. The van der Waals surface area contributed by atoms with E-state index >= 15 is 0 Å². The van der Waals surface area contributed by atoms with Crippen LogP contribution in [-0.4, -0.2) is 31.1 Å². The number of nitrogens with zero attached hydrogens (tertiary/aromatic N) is 1. The highest BCUT2D eigenvalue weighted by Gasteiger charge is 2.13. The molecule has 0 bridgehead atoms. The van der Waals surface area contributed by atoms with Gasteiger partial charge >= 0.3 is 11.9 Å². The number of para-hydroxylation sites is 1. The Kier molecular flexibility index (Phi) is 4.61. The third-order valence-corrected chi connectivity index (χ3v) is 3.66. The minimum atomic E-state index is -0.665. The summed E-state index contributed by atoms with van der Waals surface area (Å²) in [7, 11) is 2.48. The lowest BCUT2D eigenvalue weighted by Crippen LogP contribution is -2.15. The van der Waals surface area contributed by atoms with E-state index in [-0.39, 0.29) is 5.70 Å². The van der Waals surface area contributed by atoms with Gasteiger partial charge in [-0.2, -0.15) is 0 Å². The maximum Gasteiger partial charge on any atom is 0.354 e. The van der Waals surface area contributed by atoms with Crippen LogP contribution in [0.25, 0.3) is 21.8 Å². The maximum absolute atomic E-state index is 11.8. The smallest absolute Gasteiger partial charge is 0.354 e. The van der Waals surface area contributed by atoms with Crippen molar-refractivity contribution in [2.45, 2.75) is 0 Å². The number of hydrogen-bond acceptors (Lipinski definition) is 6. The Labute approximate surface area is 144 Å². The second kappa shape index (κ2) is 7.00. The molecule has 0 aliphatic heterocycles. The largest absolute Gasteiger partial charge is 0.466 e. The van der Waals surface area contributed by atoms with Crippen molar-refractivity contribution in [2.24, 2.45) is 0 Å². The van der Waals surface area contributed by atoms with Crippen molar-refractivity contribution in [3.05, 3.63) is 60.3 Å². The standard InChI is InChI=1S/C19H16N2O4/c1-24-18(22)11-17(19(23)25-2)20-14-7-8-16-13(10-14)9-12-5-3-4-6-15(12)21-16/h3-11,20H,1-2H3/b17-11+. The lowest BCUT2D eigenvalue weighted by molar-refractivity contribution is -0.138. The number of rotatable bonds is 4. The van der Waals surface area contributed by atoms with Crippen molar-refractivity contribution in [3.8, 4) is 0 Å². The van der Waals surface area contributed by atoms with Crippen molar-refractivity contribution in [1.29, 1.82) is 0 Å². The van der Waals surface area contributed by atoms with Crippen LogP contribution < -0.4 is 5.32 Å². The molecule has 1 heterocycles. The maximum atomic E-state index is 11.8. The van der Waals surface area contributed by atoms with Crippen LogP contribution in [0.3, 0.4) is 0 Å². The van der Waals surface area contributed by atoms with Gasteiger partial charge in [0.1, 0.15) is 5.70 Å². The molecule has 0 unspecified atom stereocenters. The number of pyridine rings is 1. The molecule has 3 aromatic rings. The molecule has 0 amide bonds. The number of anilines is 1. The van der Waals surface area contributed by atoms with Crippen LogP contribution in [0.2, 0.25) is 0 Å². The molecule has 25 heavy (non-hydrogen) atoms. The number of carbonyl (C=O) groups excluding carboxylic acids is 2. The summed E-state index contributed by atoms with van der Waals surface area (Å²) < 4.78 is 9.24. The fourth-order valence-electron chi connectivity index (χ4n) is 2.45. The van der Waals surface area contributed by atoms with Crippen molar-refractivity contribution < 1.29 is 19.1 Å². The van der Waals surface area contributed by atoms with E-state index < -0.39 is 11.9 Å². The van der Waals surface area contributed by atoms with Gasteiger partial charge in [-0.15, -0.1) is 0 Å². The molecule has 1 aromatic heterocycles. The number of carbonyl (C=O) groups is 2. The summed E-state index contributed by atoms with van der Waals surface area (Å²) in [4.78, 5) is 27.9. The number of fused-ring (bicyclic) bond motifs is 2. The van der Waals surface area contributed by atoms with Gasteiger partial charge < -0.3 is 14.8 Å². The van der Waals surface area contributed by atoms with Crippen molar-refractivity contribution in [3.63, 3.8) is 0 Å². The third kappa shape index (κ3) is 3.58. The van der Waals surface area contributed by atoms with E-state index in [1.807, 2.05) is 42.5 Å². The zero-order chi connectivity index (χ0) is 17.8. The van der Waals surface area contributed by atoms with E-state index in [2.05, 4.69) is 19.8 Å². The summed E-state index contributed by atoms with van der Waals surface area (Å²) in [6.45, 7) is 0. The second-order valence-corrected chi connectivity index (χ2v) is 5.29. The van der Waals surface area contributed by atoms with Crippen molar-refractivity contribution in [1.82, 2.24) is 4.98 Å². The molecule has 2 aromatic carbocycles. The Balaban J connectivity index is 1.99. The predicted molar refractivity (Wildman–Crippen MR) is 95.0 cm³/mol. The number of aromatic nitrogens is 1. The summed E-state index contributed by atoms with van der Waals surface area (Å²) in [6.07, 6.45) is 1.05. The topological polar surface area (TPSA) is 77.5 Å². The van der Waals surface area contributed by atoms with Crippen LogP contribution in [0.4, 0.5) is 5.69 Å². The molecule has 1 N–H and O–H groups in total. The molecule has 6 heteroatoms. The number of methoxy groups -OCH3 is 2.